The van der Waals surface area contributed by atoms with Crippen LogP contribution in [0, 0.1) is 0 Å². The van der Waals surface area contributed by atoms with Crippen molar-refractivity contribution in [2.24, 2.45) is 0 Å². The summed E-state index contributed by atoms with van der Waals surface area (Å²) in [6, 6.07) is 0.718. The van der Waals surface area contributed by atoms with Gasteiger partial charge in [-0.3, -0.25) is 0 Å². The summed E-state index contributed by atoms with van der Waals surface area (Å²) in [5.74, 6) is 0.447. The number of hydrogen-bond acceptors (Lipinski definition) is 4. The molecule has 15 heavy (non-hydrogen) atoms. The van der Waals surface area contributed by atoms with Crippen molar-refractivity contribution >= 4 is 9.84 Å². The molecule has 1 N–H and O–H groups in total. The Hall–Kier alpha value is -0.130. The minimum absolute atomic E-state index is 0.152. The number of ether oxygens (including phenoxy) is 1. The SMILES string of the molecule is COCCS(=O)(=O)CCCCNC1CC1. The van der Waals surface area contributed by atoms with Crippen LogP contribution in [0.25, 0.3) is 0 Å². The van der Waals surface area contributed by atoms with E-state index in [2.05, 4.69) is 5.32 Å². The smallest absolute Gasteiger partial charge is 0.152 e. The maximum Gasteiger partial charge on any atom is 0.152 e. The van der Waals surface area contributed by atoms with Crippen molar-refractivity contribution in [3.05, 3.63) is 0 Å². The van der Waals surface area contributed by atoms with E-state index in [1.807, 2.05) is 0 Å². The topological polar surface area (TPSA) is 55.4 Å². The largest absolute Gasteiger partial charge is 0.384 e. The van der Waals surface area contributed by atoms with Crippen LogP contribution in [0.3, 0.4) is 0 Å². The van der Waals surface area contributed by atoms with Crippen LogP contribution in [0.2, 0.25) is 0 Å². The molecule has 0 saturated heterocycles. The molecular weight excluding hydrogens is 214 g/mol. The van der Waals surface area contributed by atoms with Gasteiger partial charge in [0.2, 0.25) is 0 Å². The Morgan fingerprint density at radius 2 is 2.00 bits per heavy atom. The van der Waals surface area contributed by atoms with E-state index in [1.165, 1.54) is 20.0 Å². The molecule has 1 rings (SSSR count). The van der Waals surface area contributed by atoms with E-state index in [4.69, 9.17) is 4.74 Å². The molecule has 0 aromatic rings. The van der Waals surface area contributed by atoms with Crippen LogP contribution in [0.1, 0.15) is 25.7 Å². The standard InChI is InChI=1S/C10H21NO3S/c1-14-7-9-15(12,13)8-3-2-6-11-10-4-5-10/h10-11H,2-9H2,1H3. The molecule has 0 amide bonds. The van der Waals surface area contributed by atoms with Crippen molar-refractivity contribution in [1.82, 2.24) is 5.32 Å². The van der Waals surface area contributed by atoms with Gasteiger partial charge in [0.15, 0.2) is 9.84 Å². The lowest BCUT2D eigenvalue weighted by atomic mass is 10.3. The molecule has 1 aliphatic rings. The molecule has 1 saturated carbocycles. The monoisotopic (exact) mass is 235 g/mol. The molecule has 90 valence electrons. The van der Waals surface area contributed by atoms with Crippen LogP contribution in [-0.2, 0) is 14.6 Å². The average molecular weight is 235 g/mol. The van der Waals surface area contributed by atoms with Gasteiger partial charge in [-0.2, -0.15) is 0 Å². The maximum atomic E-state index is 11.4. The van der Waals surface area contributed by atoms with E-state index >= 15 is 0 Å². The first-order valence-corrected chi connectivity index (χ1v) is 7.39. The van der Waals surface area contributed by atoms with Crippen LogP contribution >= 0.6 is 0 Å². The molecule has 1 aliphatic carbocycles. The minimum atomic E-state index is -2.88. The highest BCUT2D eigenvalue weighted by Gasteiger charge is 2.19. The van der Waals surface area contributed by atoms with Gasteiger partial charge in [-0.05, 0) is 32.2 Å². The van der Waals surface area contributed by atoms with E-state index in [1.54, 1.807) is 0 Å². The molecule has 0 unspecified atom stereocenters. The summed E-state index contributed by atoms with van der Waals surface area (Å²) in [6.07, 6.45) is 4.27. The fourth-order valence-corrected chi connectivity index (χ4v) is 2.62. The third-order valence-corrected chi connectivity index (χ3v) is 4.19. The van der Waals surface area contributed by atoms with Crippen LogP contribution in [-0.4, -0.2) is 46.2 Å². The van der Waals surface area contributed by atoms with Crippen molar-refractivity contribution in [3.63, 3.8) is 0 Å². The lowest BCUT2D eigenvalue weighted by Crippen LogP contribution is -2.19. The highest BCUT2D eigenvalue weighted by atomic mass is 32.2. The first-order chi connectivity index (χ1) is 7.14. The predicted molar refractivity (Wildman–Crippen MR) is 60.8 cm³/mol. The second-order valence-electron chi connectivity index (χ2n) is 4.08. The normalized spacial score (nSPS) is 16.9. The second kappa shape index (κ2) is 6.45. The van der Waals surface area contributed by atoms with Crippen LogP contribution in [0.15, 0.2) is 0 Å². The van der Waals surface area contributed by atoms with Gasteiger partial charge < -0.3 is 10.1 Å². The van der Waals surface area contributed by atoms with Gasteiger partial charge in [0.25, 0.3) is 0 Å². The number of rotatable bonds is 9. The first-order valence-electron chi connectivity index (χ1n) is 5.57. The van der Waals surface area contributed by atoms with Gasteiger partial charge in [0, 0.05) is 13.2 Å². The van der Waals surface area contributed by atoms with Crippen LogP contribution < -0.4 is 5.32 Å². The zero-order valence-electron chi connectivity index (χ0n) is 9.37. The van der Waals surface area contributed by atoms with Gasteiger partial charge in [-0.15, -0.1) is 0 Å². The molecule has 0 atom stereocenters. The van der Waals surface area contributed by atoms with E-state index < -0.39 is 9.84 Å². The summed E-state index contributed by atoms with van der Waals surface area (Å²) in [6.45, 7) is 1.26. The predicted octanol–water partition coefficient (Wildman–Crippen LogP) is 0.580. The van der Waals surface area contributed by atoms with Gasteiger partial charge in [-0.25, -0.2) is 8.42 Å². The summed E-state index contributed by atoms with van der Waals surface area (Å²) in [4.78, 5) is 0. The van der Waals surface area contributed by atoms with Gasteiger partial charge in [0.05, 0.1) is 18.1 Å². The summed E-state index contributed by atoms with van der Waals surface area (Å²) >= 11 is 0. The number of methoxy groups -OCH3 is 1. The Balaban J connectivity index is 1.96. The molecule has 1 fully saturated rings. The Bertz CT molecular complexity index is 260. The second-order valence-corrected chi connectivity index (χ2v) is 6.38. The molecule has 4 nitrogen and oxygen atoms in total. The van der Waals surface area contributed by atoms with Crippen LogP contribution in [0.4, 0.5) is 0 Å². The van der Waals surface area contributed by atoms with E-state index in [0.29, 0.717) is 12.4 Å². The minimum Gasteiger partial charge on any atom is -0.384 e. The highest BCUT2D eigenvalue weighted by Crippen LogP contribution is 2.18. The summed E-state index contributed by atoms with van der Waals surface area (Å²) < 4.78 is 27.6. The number of hydrogen-bond donors (Lipinski definition) is 1. The Morgan fingerprint density at radius 1 is 1.27 bits per heavy atom. The fourth-order valence-electron chi connectivity index (χ4n) is 1.35. The van der Waals surface area contributed by atoms with Crippen molar-refractivity contribution in [1.29, 1.82) is 0 Å². The third kappa shape index (κ3) is 6.87. The molecule has 0 aliphatic heterocycles. The fraction of sp³-hybridized carbons (Fsp3) is 1.00. The average Bonchev–Trinajstić information content (AvgIpc) is 2.98. The molecule has 0 spiro atoms. The van der Waals surface area contributed by atoms with Crippen molar-refractivity contribution in [2.75, 3.05) is 31.8 Å². The zero-order chi connectivity index (χ0) is 11.1. The van der Waals surface area contributed by atoms with E-state index in [0.717, 1.165) is 25.4 Å². The van der Waals surface area contributed by atoms with Crippen molar-refractivity contribution in [2.45, 2.75) is 31.7 Å². The first kappa shape index (κ1) is 12.9. The van der Waals surface area contributed by atoms with Crippen LogP contribution in [0.5, 0.6) is 0 Å². The lowest BCUT2D eigenvalue weighted by molar-refractivity contribution is 0.217. The quantitative estimate of drug-likeness (QED) is 0.594. The van der Waals surface area contributed by atoms with E-state index in [-0.39, 0.29) is 5.75 Å². The maximum absolute atomic E-state index is 11.4. The molecule has 0 bridgehead atoms. The van der Waals surface area contributed by atoms with E-state index in [9.17, 15) is 8.42 Å². The van der Waals surface area contributed by atoms with Gasteiger partial charge in [-0.1, -0.05) is 0 Å². The van der Waals surface area contributed by atoms with Crippen molar-refractivity contribution < 1.29 is 13.2 Å². The molecule has 5 heteroatoms. The molecule has 0 heterocycles. The third-order valence-electron chi connectivity index (χ3n) is 2.49. The van der Waals surface area contributed by atoms with Gasteiger partial charge in [0.1, 0.15) is 0 Å². The van der Waals surface area contributed by atoms with Crippen molar-refractivity contribution in [3.8, 4) is 0 Å². The Kier molecular flexibility index (Phi) is 5.56. The number of nitrogens with one attached hydrogen (secondary N) is 1. The lowest BCUT2D eigenvalue weighted by Gasteiger charge is -2.04. The number of sulfone groups is 1. The highest BCUT2D eigenvalue weighted by molar-refractivity contribution is 7.91. The summed E-state index contributed by atoms with van der Waals surface area (Å²) in [5, 5.41) is 3.37. The van der Waals surface area contributed by atoms with Gasteiger partial charge >= 0.3 is 0 Å². The molecule has 0 radical (unpaired) electrons. The number of unbranched alkanes of at least 4 members (excludes halogenated alkanes) is 1. The zero-order valence-corrected chi connectivity index (χ0v) is 10.2. The summed E-state index contributed by atoms with van der Waals surface area (Å²) in [5.41, 5.74) is 0. The Labute approximate surface area is 92.3 Å². The molecule has 0 aromatic carbocycles. The summed E-state index contributed by atoms with van der Waals surface area (Å²) in [7, 11) is -1.36. The molecule has 0 aromatic heterocycles. The Morgan fingerprint density at radius 3 is 2.60 bits per heavy atom. The molecular formula is C10H21NO3S.